The normalized spacial score (nSPS) is 34.0. The van der Waals surface area contributed by atoms with Crippen LogP contribution in [0.25, 0.3) is 0 Å². The molecule has 0 spiro atoms. The molecule has 144 valence electrons. The number of nitrogens with zero attached hydrogens (tertiary/aromatic N) is 1. The summed E-state index contributed by atoms with van der Waals surface area (Å²) in [5.41, 5.74) is 6.36. The maximum absolute atomic E-state index is 13.0. The highest BCUT2D eigenvalue weighted by Crippen LogP contribution is 2.30. The Labute approximate surface area is 157 Å². The van der Waals surface area contributed by atoms with Crippen LogP contribution in [-0.4, -0.2) is 61.1 Å². The lowest BCUT2D eigenvalue weighted by atomic mass is 9.92. The van der Waals surface area contributed by atoms with Gasteiger partial charge in [-0.1, -0.05) is 6.07 Å². The van der Waals surface area contributed by atoms with Crippen molar-refractivity contribution in [3.8, 4) is 0 Å². The minimum Gasteiger partial charge on any atom is -0.368 e. The number of ether oxygens (including phenoxy) is 3. The average Bonchev–Trinajstić information content (AvgIpc) is 3.39. The highest BCUT2D eigenvalue weighted by Gasteiger charge is 2.37. The van der Waals surface area contributed by atoms with Gasteiger partial charge in [-0.05, 0) is 31.2 Å². The van der Waals surface area contributed by atoms with Crippen molar-refractivity contribution in [3.63, 3.8) is 0 Å². The van der Waals surface area contributed by atoms with Crippen molar-refractivity contribution < 1.29 is 19.0 Å². The molecule has 8 heteroatoms. The number of hydrazine groups is 1. The van der Waals surface area contributed by atoms with Gasteiger partial charge in [0, 0.05) is 23.9 Å². The number of amides is 1. The zero-order chi connectivity index (χ0) is 17.9. The second-order valence-corrected chi connectivity index (χ2v) is 8.29. The van der Waals surface area contributed by atoms with Gasteiger partial charge in [0.25, 0.3) is 0 Å². The van der Waals surface area contributed by atoms with Gasteiger partial charge in [-0.2, -0.15) is 0 Å². The fraction of sp³-hybridized carbons (Fsp3) is 0.722. The minimum atomic E-state index is 0.0477. The first-order valence-corrected chi connectivity index (χ1v) is 10.2. The fourth-order valence-electron chi connectivity index (χ4n) is 4.01. The van der Waals surface area contributed by atoms with Crippen molar-refractivity contribution in [3.05, 3.63) is 22.4 Å². The molecule has 4 rings (SSSR count). The Morgan fingerprint density at radius 3 is 3.04 bits per heavy atom. The summed E-state index contributed by atoms with van der Waals surface area (Å²) in [6.45, 7) is 3.98. The molecular weight excluding hydrogens is 354 g/mol. The third-order valence-electron chi connectivity index (χ3n) is 5.53. The molecule has 2 saturated heterocycles. The molecule has 0 bridgehead atoms. The van der Waals surface area contributed by atoms with Gasteiger partial charge in [0.2, 0.25) is 5.91 Å². The summed E-state index contributed by atoms with van der Waals surface area (Å²) in [6, 6.07) is 4.43. The van der Waals surface area contributed by atoms with E-state index in [2.05, 4.69) is 23.8 Å². The molecule has 3 aliphatic rings. The first-order valence-electron chi connectivity index (χ1n) is 9.36. The maximum atomic E-state index is 13.0. The third kappa shape index (κ3) is 4.11. The summed E-state index contributed by atoms with van der Waals surface area (Å²) in [6.07, 6.45) is 3.07. The summed E-state index contributed by atoms with van der Waals surface area (Å²) >= 11 is 1.68. The average molecular weight is 381 g/mol. The Balaban J connectivity index is 1.34. The van der Waals surface area contributed by atoms with E-state index >= 15 is 0 Å². The van der Waals surface area contributed by atoms with Crippen LogP contribution < -0.4 is 10.9 Å². The topological polar surface area (TPSA) is 72.1 Å². The maximum Gasteiger partial charge on any atom is 0.249 e. The Hall–Kier alpha value is -1.03. The lowest BCUT2D eigenvalue weighted by molar-refractivity contribution is -0.143. The molecule has 1 amide bonds. The number of thiophene rings is 1. The summed E-state index contributed by atoms with van der Waals surface area (Å²) < 4.78 is 17.1. The van der Waals surface area contributed by atoms with Crippen molar-refractivity contribution in [1.82, 2.24) is 15.8 Å². The van der Waals surface area contributed by atoms with Crippen molar-refractivity contribution >= 4 is 17.2 Å². The van der Waals surface area contributed by atoms with Crippen LogP contribution in [0.1, 0.15) is 31.1 Å². The molecule has 0 aromatic carbocycles. The Morgan fingerprint density at radius 1 is 1.38 bits per heavy atom. The SMILES string of the molecule is CC1NNCC1N(Cc1cccs1)C(=O)COC1CCC2OCOC2C1. The van der Waals surface area contributed by atoms with Gasteiger partial charge in [-0.3, -0.25) is 15.6 Å². The van der Waals surface area contributed by atoms with Crippen molar-refractivity contribution in [2.45, 2.75) is 63.1 Å². The molecule has 3 fully saturated rings. The lowest BCUT2D eigenvalue weighted by Gasteiger charge is -2.32. The number of hydrogen-bond donors (Lipinski definition) is 2. The van der Waals surface area contributed by atoms with Crippen LogP contribution in [0, 0.1) is 0 Å². The smallest absolute Gasteiger partial charge is 0.249 e. The Morgan fingerprint density at radius 2 is 2.27 bits per heavy atom. The predicted molar refractivity (Wildman–Crippen MR) is 97.5 cm³/mol. The van der Waals surface area contributed by atoms with Gasteiger partial charge in [-0.25, -0.2) is 0 Å². The van der Waals surface area contributed by atoms with Crippen LogP contribution in [-0.2, 0) is 25.5 Å². The quantitative estimate of drug-likeness (QED) is 0.773. The van der Waals surface area contributed by atoms with Crippen LogP contribution in [0.5, 0.6) is 0 Å². The van der Waals surface area contributed by atoms with E-state index in [0.29, 0.717) is 13.3 Å². The highest BCUT2D eigenvalue weighted by molar-refractivity contribution is 7.09. The van der Waals surface area contributed by atoms with Gasteiger partial charge in [-0.15, -0.1) is 11.3 Å². The van der Waals surface area contributed by atoms with E-state index in [4.69, 9.17) is 14.2 Å². The van der Waals surface area contributed by atoms with E-state index in [0.717, 1.165) is 25.8 Å². The van der Waals surface area contributed by atoms with E-state index in [1.165, 1.54) is 4.88 Å². The number of carbonyl (C=O) groups is 1. The standard InChI is InChI=1S/C18H27N3O4S/c1-12-15(8-19-20-12)21(9-14-3-2-6-26-14)18(22)10-23-13-4-5-16-17(7-13)25-11-24-16/h2-3,6,12-13,15-17,19-20H,4-5,7-11H2,1H3. The molecule has 5 atom stereocenters. The molecule has 1 aromatic rings. The third-order valence-corrected chi connectivity index (χ3v) is 6.40. The second-order valence-electron chi connectivity index (χ2n) is 7.26. The Kier molecular flexibility index (Phi) is 5.87. The number of fused-ring (bicyclic) bond motifs is 1. The van der Waals surface area contributed by atoms with Gasteiger partial charge in [0.05, 0.1) is 30.9 Å². The molecule has 7 nitrogen and oxygen atoms in total. The van der Waals surface area contributed by atoms with Gasteiger partial charge >= 0.3 is 0 Å². The molecular formula is C18H27N3O4S. The molecule has 2 N–H and O–H groups in total. The van der Waals surface area contributed by atoms with Crippen molar-refractivity contribution in [2.24, 2.45) is 0 Å². The van der Waals surface area contributed by atoms with Crippen LogP contribution in [0.4, 0.5) is 0 Å². The first-order chi connectivity index (χ1) is 12.7. The van der Waals surface area contributed by atoms with Gasteiger partial charge < -0.3 is 19.1 Å². The zero-order valence-electron chi connectivity index (χ0n) is 15.1. The van der Waals surface area contributed by atoms with E-state index in [-0.39, 0.29) is 42.9 Å². The molecule has 2 aliphatic heterocycles. The van der Waals surface area contributed by atoms with Crippen LogP contribution in [0.15, 0.2) is 17.5 Å². The summed E-state index contributed by atoms with van der Waals surface area (Å²) in [7, 11) is 0. The largest absolute Gasteiger partial charge is 0.368 e. The molecule has 1 saturated carbocycles. The number of rotatable bonds is 6. The predicted octanol–water partition coefficient (Wildman–Crippen LogP) is 1.25. The van der Waals surface area contributed by atoms with Gasteiger partial charge in [0.1, 0.15) is 13.4 Å². The second kappa shape index (κ2) is 8.33. The van der Waals surface area contributed by atoms with Crippen LogP contribution in [0.3, 0.4) is 0 Å². The lowest BCUT2D eigenvalue weighted by Crippen LogP contribution is -2.48. The van der Waals surface area contributed by atoms with Crippen LogP contribution >= 0.6 is 11.3 Å². The Bertz CT molecular complexity index is 599. The van der Waals surface area contributed by atoms with Crippen LogP contribution in [0.2, 0.25) is 0 Å². The molecule has 0 radical (unpaired) electrons. The number of nitrogens with one attached hydrogen (secondary N) is 2. The van der Waals surface area contributed by atoms with E-state index in [1.807, 2.05) is 16.3 Å². The summed E-state index contributed by atoms with van der Waals surface area (Å²) in [4.78, 5) is 16.1. The number of carbonyl (C=O) groups excluding carboxylic acids is 1. The van der Waals surface area contributed by atoms with E-state index in [1.54, 1.807) is 11.3 Å². The van der Waals surface area contributed by atoms with Crippen molar-refractivity contribution in [2.75, 3.05) is 19.9 Å². The monoisotopic (exact) mass is 381 g/mol. The molecule has 3 heterocycles. The molecule has 1 aromatic heterocycles. The zero-order valence-corrected chi connectivity index (χ0v) is 15.9. The number of hydrogen-bond acceptors (Lipinski definition) is 7. The van der Waals surface area contributed by atoms with Gasteiger partial charge in [0.15, 0.2) is 0 Å². The summed E-state index contributed by atoms with van der Waals surface area (Å²) in [5, 5.41) is 2.05. The molecule has 5 unspecified atom stereocenters. The highest BCUT2D eigenvalue weighted by atomic mass is 32.1. The minimum absolute atomic E-state index is 0.0477. The van der Waals surface area contributed by atoms with Crippen molar-refractivity contribution in [1.29, 1.82) is 0 Å². The van der Waals surface area contributed by atoms with E-state index < -0.39 is 0 Å². The summed E-state index contributed by atoms with van der Waals surface area (Å²) in [5.74, 6) is 0.0477. The fourth-order valence-corrected chi connectivity index (χ4v) is 4.71. The molecule has 1 aliphatic carbocycles. The van der Waals surface area contributed by atoms with E-state index in [9.17, 15) is 4.79 Å². The first kappa shape index (κ1) is 18.3. The molecule has 26 heavy (non-hydrogen) atoms.